The Morgan fingerprint density at radius 2 is 2.36 bits per heavy atom. The minimum absolute atomic E-state index is 0.00883. The molecule has 1 rings (SSSR count). The first-order valence-electron chi connectivity index (χ1n) is 4.58. The zero-order chi connectivity index (χ0) is 10.6. The number of amides is 1. The van der Waals surface area contributed by atoms with Gasteiger partial charge in [-0.15, -0.1) is 0 Å². The van der Waals surface area contributed by atoms with Crippen LogP contribution in [0.15, 0.2) is 16.8 Å². The Morgan fingerprint density at radius 3 is 2.86 bits per heavy atom. The summed E-state index contributed by atoms with van der Waals surface area (Å²) in [6.45, 7) is 4.58. The van der Waals surface area contributed by atoms with E-state index in [1.807, 2.05) is 30.7 Å². The summed E-state index contributed by atoms with van der Waals surface area (Å²) in [5, 5.41) is 6.68. The van der Waals surface area contributed by atoms with Gasteiger partial charge in [-0.3, -0.25) is 4.79 Å². The third kappa shape index (κ3) is 3.35. The van der Waals surface area contributed by atoms with Crippen LogP contribution in [0.3, 0.4) is 0 Å². The highest BCUT2D eigenvalue weighted by Crippen LogP contribution is 2.10. The highest BCUT2D eigenvalue weighted by Gasteiger charge is 2.16. The van der Waals surface area contributed by atoms with Crippen molar-refractivity contribution in [3.05, 3.63) is 22.4 Å². The zero-order valence-electron chi connectivity index (χ0n) is 8.36. The van der Waals surface area contributed by atoms with Crippen LogP contribution >= 0.6 is 24.0 Å². The van der Waals surface area contributed by atoms with E-state index in [2.05, 4.69) is 17.9 Å². The Hall–Kier alpha value is -0.480. The first kappa shape index (κ1) is 11.6. The topological polar surface area (TPSA) is 29.1 Å². The van der Waals surface area contributed by atoms with E-state index in [4.69, 9.17) is 0 Å². The molecule has 0 aliphatic carbocycles. The Kier molecular flexibility index (Phi) is 4.48. The van der Waals surface area contributed by atoms with Crippen LogP contribution in [0.4, 0.5) is 0 Å². The van der Waals surface area contributed by atoms with Crippen LogP contribution in [0.1, 0.15) is 19.4 Å². The van der Waals surface area contributed by atoms with Crippen LogP contribution < -0.4 is 5.32 Å². The van der Waals surface area contributed by atoms with Crippen molar-refractivity contribution < 1.29 is 4.79 Å². The highest BCUT2D eigenvalue weighted by molar-refractivity contribution is 7.81. The van der Waals surface area contributed by atoms with Crippen molar-refractivity contribution in [3.63, 3.8) is 0 Å². The molecule has 0 saturated carbocycles. The lowest BCUT2D eigenvalue weighted by atomic mass is 10.1. The second-order valence-electron chi connectivity index (χ2n) is 3.54. The SMILES string of the molecule is CC(C)C(S)C(=O)NCc1ccsc1. The van der Waals surface area contributed by atoms with Crippen LogP contribution in [-0.2, 0) is 11.3 Å². The molecule has 1 unspecified atom stereocenters. The molecule has 78 valence electrons. The Morgan fingerprint density at radius 1 is 1.64 bits per heavy atom. The second-order valence-corrected chi connectivity index (χ2v) is 4.87. The van der Waals surface area contributed by atoms with Crippen molar-refractivity contribution in [2.24, 2.45) is 5.92 Å². The van der Waals surface area contributed by atoms with Crippen molar-refractivity contribution in [2.45, 2.75) is 25.6 Å². The van der Waals surface area contributed by atoms with Crippen LogP contribution in [-0.4, -0.2) is 11.2 Å². The molecule has 0 aliphatic heterocycles. The van der Waals surface area contributed by atoms with Gasteiger partial charge in [0.1, 0.15) is 0 Å². The van der Waals surface area contributed by atoms with Crippen molar-refractivity contribution in [2.75, 3.05) is 0 Å². The lowest BCUT2D eigenvalue weighted by Crippen LogP contribution is -2.33. The van der Waals surface area contributed by atoms with Gasteiger partial charge in [0.25, 0.3) is 0 Å². The molecule has 1 aromatic heterocycles. The van der Waals surface area contributed by atoms with Crippen molar-refractivity contribution in [1.82, 2.24) is 5.32 Å². The lowest BCUT2D eigenvalue weighted by molar-refractivity contribution is -0.121. The van der Waals surface area contributed by atoms with E-state index in [0.717, 1.165) is 5.56 Å². The first-order chi connectivity index (χ1) is 6.61. The predicted molar refractivity (Wildman–Crippen MR) is 63.8 cm³/mol. The van der Waals surface area contributed by atoms with Gasteiger partial charge in [-0.05, 0) is 28.3 Å². The zero-order valence-corrected chi connectivity index (χ0v) is 10.1. The third-order valence-corrected chi connectivity index (χ3v) is 3.51. The summed E-state index contributed by atoms with van der Waals surface area (Å²) < 4.78 is 0. The van der Waals surface area contributed by atoms with Gasteiger partial charge >= 0.3 is 0 Å². The molecule has 1 amide bonds. The van der Waals surface area contributed by atoms with E-state index >= 15 is 0 Å². The smallest absolute Gasteiger partial charge is 0.233 e. The number of hydrogen-bond donors (Lipinski definition) is 2. The molecule has 0 spiro atoms. The molecule has 0 saturated heterocycles. The Balaban J connectivity index is 2.35. The molecule has 1 N–H and O–H groups in total. The minimum atomic E-state index is -0.214. The van der Waals surface area contributed by atoms with Crippen molar-refractivity contribution in [1.29, 1.82) is 0 Å². The van der Waals surface area contributed by atoms with Gasteiger partial charge < -0.3 is 5.32 Å². The van der Waals surface area contributed by atoms with Gasteiger partial charge in [0.05, 0.1) is 5.25 Å². The number of nitrogens with one attached hydrogen (secondary N) is 1. The number of thiophene rings is 1. The van der Waals surface area contributed by atoms with E-state index < -0.39 is 0 Å². The fraction of sp³-hybridized carbons (Fsp3) is 0.500. The lowest BCUT2D eigenvalue weighted by Gasteiger charge is -2.13. The molecule has 0 aromatic carbocycles. The first-order valence-corrected chi connectivity index (χ1v) is 6.04. The van der Waals surface area contributed by atoms with Crippen LogP contribution in [0.25, 0.3) is 0 Å². The number of hydrogen-bond acceptors (Lipinski definition) is 3. The minimum Gasteiger partial charge on any atom is -0.351 e. The molecule has 0 bridgehead atoms. The molecule has 4 heteroatoms. The molecule has 0 aliphatic rings. The quantitative estimate of drug-likeness (QED) is 0.762. The monoisotopic (exact) mass is 229 g/mol. The molecule has 1 aromatic rings. The summed E-state index contributed by atoms with van der Waals surface area (Å²) in [6.07, 6.45) is 0. The molecule has 14 heavy (non-hydrogen) atoms. The Labute approximate surface area is 94.1 Å². The average molecular weight is 229 g/mol. The van der Waals surface area contributed by atoms with Crippen molar-refractivity contribution in [3.8, 4) is 0 Å². The van der Waals surface area contributed by atoms with Gasteiger partial charge in [0, 0.05) is 6.54 Å². The van der Waals surface area contributed by atoms with Gasteiger partial charge in [-0.25, -0.2) is 0 Å². The maximum absolute atomic E-state index is 11.5. The molecule has 2 nitrogen and oxygen atoms in total. The summed E-state index contributed by atoms with van der Waals surface area (Å²) in [5.41, 5.74) is 1.15. The molecular formula is C10H15NOS2. The fourth-order valence-corrected chi connectivity index (χ4v) is 1.75. The number of thiol groups is 1. The summed E-state index contributed by atoms with van der Waals surface area (Å²) in [5.74, 6) is 0.273. The maximum atomic E-state index is 11.5. The third-order valence-electron chi connectivity index (χ3n) is 1.95. The summed E-state index contributed by atoms with van der Waals surface area (Å²) in [7, 11) is 0. The highest BCUT2D eigenvalue weighted by atomic mass is 32.1. The Bertz CT molecular complexity index is 282. The summed E-state index contributed by atoms with van der Waals surface area (Å²) >= 11 is 5.88. The standard InChI is InChI=1S/C10H15NOS2/c1-7(2)9(13)10(12)11-5-8-3-4-14-6-8/h3-4,6-7,9,13H,5H2,1-2H3,(H,11,12). The number of carbonyl (C=O) groups is 1. The van der Waals surface area contributed by atoms with Crippen LogP contribution in [0.5, 0.6) is 0 Å². The van der Waals surface area contributed by atoms with E-state index in [-0.39, 0.29) is 17.1 Å². The molecule has 1 atom stereocenters. The fourth-order valence-electron chi connectivity index (χ4n) is 0.990. The van der Waals surface area contributed by atoms with E-state index in [0.29, 0.717) is 6.54 Å². The van der Waals surface area contributed by atoms with Gasteiger partial charge in [0.2, 0.25) is 5.91 Å². The second kappa shape index (κ2) is 5.41. The van der Waals surface area contributed by atoms with Crippen LogP contribution in [0.2, 0.25) is 0 Å². The number of rotatable bonds is 4. The summed E-state index contributed by atoms with van der Waals surface area (Å²) in [4.78, 5) is 11.5. The van der Waals surface area contributed by atoms with Crippen LogP contribution in [0, 0.1) is 5.92 Å². The molecule has 1 heterocycles. The normalized spacial score (nSPS) is 12.9. The van der Waals surface area contributed by atoms with Gasteiger partial charge in [0.15, 0.2) is 0 Å². The molecule has 0 fully saturated rings. The number of carbonyl (C=O) groups excluding carboxylic acids is 1. The van der Waals surface area contributed by atoms with Gasteiger partial charge in [-0.1, -0.05) is 13.8 Å². The predicted octanol–water partition coefficient (Wildman–Crippen LogP) is 2.32. The summed E-state index contributed by atoms with van der Waals surface area (Å²) in [6, 6.07) is 2.01. The van der Waals surface area contributed by atoms with Gasteiger partial charge in [-0.2, -0.15) is 24.0 Å². The molecule has 0 radical (unpaired) electrons. The maximum Gasteiger partial charge on any atom is 0.233 e. The van der Waals surface area contributed by atoms with Crippen molar-refractivity contribution >= 4 is 29.9 Å². The molecular weight excluding hydrogens is 214 g/mol. The average Bonchev–Trinajstić information content (AvgIpc) is 2.65. The van der Waals surface area contributed by atoms with E-state index in [1.165, 1.54) is 0 Å². The van der Waals surface area contributed by atoms with E-state index in [9.17, 15) is 4.79 Å². The largest absolute Gasteiger partial charge is 0.351 e. The van der Waals surface area contributed by atoms with E-state index in [1.54, 1.807) is 11.3 Å².